The number of benzene rings is 1. The maximum absolute atomic E-state index is 9.38. The first-order chi connectivity index (χ1) is 7.04. The quantitative estimate of drug-likeness (QED) is 0.863. The van der Waals surface area contributed by atoms with Crippen molar-refractivity contribution in [1.82, 2.24) is 0 Å². The number of rotatable bonds is 4. The van der Waals surface area contributed by atoms with E-state index in [1.807, 2.05) is 20.8 Å². The lowest BCUT2D eigenvalue weighted by molar-refractivity contribution is 0.223. The maximum atomic E-state index is 9.38. The molecule has 0 bridgehead atoms. The number of aromatic hydroxyl groups is 1. The molecule has 0 radical (unpaired) electrons. The van der Waals surface area contributed by atoms with Crippen molar-refractivity contribution in [3.8, 4) is 17.2 Å². The first-order valence-corrected chi connectivity index (χ1v) is 5.24. The molecule has 0 heterocycles. The van der Waals surface area contributed by atoms with Crippen LogP contribution in [0.5, 0.6) is 17.2 Å². The molecule has 1 aromatic rings. The molecule has 0 saturated heterocycles. The van der Waals surface area contributed by atoms with Crippen LogP contribution >= 0.6 is 11.6 Å². The Kier molecular flexibility index (Phi) is 4.09. The zero-order valence-electron chi connectivity index (χ0n) is 9.08. The van der Waals surface area contributed by atoms with Crippen molar-refractivity contribution in [2.24, 2.45) is 0 Å². The highest BCUT2D eigenvalue weighted by Crippen LogP contribution is 2.39. The van der Waals surface area contributed by atoms with Gasteiger partial charge in [0.15, 0.2) is 11.5 Å². The topological polar surface area (TPSA) is 38.7 Å². The molecular formula is C11H15ClO3. The third-order valence-electron chi connectivity index (χ3n) is 1.65. The zero-order chi connectivity index (χ0) is 11.4. The van der Waals surface area contributed by atoms with Crippen LogP contribution in [0.4, 0.5) is 0 Å². The van der Waals surface area contributed by atoms with Crippen LogP contribution in [0.2, 0.25) is 5.02 Å². The predicted molar refractivity (Wildman–Crippen MR) is 60.0 cm³/mol. The van der Waals surface area contributed by atoms with Gasteiger partial charge in [-0.15, -0.1) is 0 Å². The fraction of sp³-hybridized carbons (Fsp3) is 0.455. The molecule has 0 aliphatic heterocycles. The van der Waals surface area contributed by atoms with Crippen LogP contribution in [0.3, 0.4) is 0 Å². The Morgan fingerprint density at radius 3 is 2.60 bits per heavy atom. The Balaban J connectivity index is 3.08. The zero-order valence-corrected chi connectivity index (χ0v) is 9.84. The van der Waals surface area contributed by atoms with Gasteiger partial charge in [0, 0.05) is 12.1 Å². The first-order valence-electron chi connectivity index (χ1n) is 4.86. The van der Waals surface area contributed by atoms with E-state index < -0.39 is 0 Å². The summed E-state index contributed by atoms with van der Waals surface area (Å²) in [7, 11) is 0. The molecule has 0 saturated carbocycles. The van der Waals surface area contributed by atoms with Gasteiger partial charge in [0.25, 0.3) is 0 Å². The molecule has 15 heavy (non-hydrogen) atoms. The average molecular weight is 231 g/mol. The molecule has 3 nitrogen and oxygen atoms in total. The Hall–Kier alpha value is -1.09. The van der Waals surface area contributed by atoms with Gasteiger partial charge in [-0.2, -0.15) is 0 Å². The van der Waals surface area contributed by atoms with Gasteiger partial charge < -0.3 is 14.6 Å². The Morgan fingerprint density at radius 2 is 2.07 bits per heavy atom. The summed E-state index contributed by atoms with van der Waals surface area (Å²) in [6.07, 6.45) is 0.00192. The fourth-order valence-electron chi connectivity index (χ4n) is 1.18. The fourth-order valence-corrected chi connectivity index (χ4v) is 1.44. The summed E-state index contributed by atoms with van der Waals surface area (Å²) >= 11 is 5.93. The molecule has 4 heteroatoms. The summed E-state index contributed by atoms with van der Waals surface area (Å²) in [5.74, 6) is 1.02. The summed E-state index contributed by atoms with van der Waals surface area (Å²) < 4.78 is 10.8. The molecule has 0 aromatic heterocycles. The van der Waals surface area contributed by atoms with Gasteiger partial charge in [0.05, 0.1) is 17.7 Å². The second kappa shape index (κ2) is 5.12. The molecule has 1 N–H and O–H groups in total. The van der Waals surface area contributed by atoms with E-state index in [0.29, 0.717) is 23.1 Å². The van der Waals surface area contributed by atoms with E-state index in [1.165, 1.54) is 12.1 Å². The second-order valence-electron chi connectivity index (χ2n) is 3.35. The van der Waals surface area contributed by atoms with Crippen LogP contribution in [0.1, 0.15) is 20.8 Å². The van der Waals surface area contributed by atoms with E-state index in [4.69, 9.17) is 21.1 Å². The molecule has 1 rings (SSSR count). The summed E-state index contributed by atoms with van der Waals surface area (Å²) in [5.41, 5.74) is 0. The minimum atomic E-state index is 0.00192. The first kappa shape index (κ1) is 12.0. The molecule has 0 spiro atoms. The van der Waals surface area contributed by atoms with E-state index in [2.05, 4.69) is 0 Å². The lowest BCUT2D eigenvalue weighted by atomic mass is 10.3. The second-order valence-corrected chi connectivity index (χ2v) is 3.76. The molecular weight excluding hydrogens is 216 g/mol. The number of hydrogen-bond donors (Lipinski definition) is 1. The van der Waals surface area contributed by atoms with Crippen molar-refractivity contribution >= 4 is 11.6 Å². The summed E-state index contributed by atoms with van der Waals surface area (Å²) in [6.45, 7) is 6.16. The summed E-state index contributed by atoms with van der Waals surface area (Å²) in [4.78, 5) is 0. The van der Waals surface area contributed by atoms with Crippen molar-refractivity contribution in [2.45, 2.75) is 26.9 Å². The van der Waals surface area contributed by atoms with Gasteiger partial charge in [0.1, 0.15) is 5.75 Å². The van der Waals surface area contributed by atoms with Gasteiger partial charge in [-0.1, -0.05) is 11.6 Å². The molecule has 0 aliphatic carbocycles. The minimum Gasteiger partial charge on any atom is -0.508 e. The molecule has 0 aliphatic rings. The average Bonchev–Trinajstić information content (AvgIpc) is 2.10. The van der Waals surface area contributed by atoms with Crippen LogP contribution < -0.4 is 9.47 Å². The van der Waals surface area contributed by atoms with Crippen LogP contribution in [-0.2, 0) is 0 Å². The van der Waals surface area contributed by atoms with E-state index in [0.717, 1.165) is 0 Å². The third-order valence-corrected chi connectivity index (χ3v) is 1.93. The Labute approximate surface area is 94.6 Å². The highest BCUT2D eigenvalue weighted by Gasteiger charge is 2.13. The molecule has 1 aromatic carbocycles. The SMILES string of the molecule is CCOc1c(Cl)cc(O)cc1OC(C)C. The van der Waals surface area contributed by atoms with E-state index in [-0.39, 0.29) is 11.9 Å². The number of hydrogen-bond acceptors (Lipinski definition) is 3. The normalized spacial score (nSPS) is 10.5. The van der Waals surface area contributed by atoms with Crippen LogP contribution in [0, 0.1) is 0 Å². The van der Waals surface area contributed by atoms with Crippen molar-refractivity contribution < 1.29 is 14.6 Å². The third kappa shape index (κ3) is 3.20. The van der Waals surface area contributed by atoms with E-state index >= 15 is 0 Å². The standard InChI is InChI=1S/C11H15ClO3/c1-4-14-11-9(12)5-8(13)6-10(11)15-7(2)3/h5-7,13H,4H2,1-3H3. The number of halogens is 1. The van der Waals surface area contributed by atoms with Crippen molar-refractivity contribution in [3.05, 3.63) is 17.2 Å². The van der Waals surface area contributed by atoms with Crippen LogP contribution in [0.25, 0.3) is 0 Å². The van der Waals surface area contributed by atoms with Gasteiger partial charge in [-0.3, -0.25) is 0 Å². The lowest BCUT2D eigenvalue weighted by Crippen LogP contribution is -2.07. The van der Waals surface area contributed by atoms with Gasteiger partial charge >= 0.3 is 0 Å². The highest BCUT2D eigenvalue weighted by atomic mass is 35.5. The Bertz CT molecular complexity index is 337. The van der Waals surface area contributed by atoms with Crippen LogP contribution in [0.15, 0.2) is 12.1 Å². The van der Waals surface area contributed by atoms with Crippen molar-refractivity contribution in [2.75, 3.05) is 6.61 Å². The largest absolute Gasteiger partial charge is 0.508 e. The van der Waals surface area contributed by atoms with E-state index in [1.54, 1.807) is 0 Å². The van der Waals surface area contributed by atoms with Gasteiger partial charge in [0.2, 0.25) is 0 Å². The highest BCUT2D eigenvalue weighted by molar-refractivity contribution is 6.32. The van der Waals surface area contributed by atoms with Crippen LogP contribution in [-0.4, -0.2) is 17.8 Å². The summed E-state index contributed by atoms with van der Waals surface area (Å²) in [6, 6.07) is 2.93. The van der Waals surface area contributed by atoms with Gasteiger partial charge in [-0.05, 0) is 20.8 Å². The minimum absolute atomic E-state index is 0.00192. The molecule has 0 fully saturated rings. The molecule has 0 unspecified atom stereocenters. The van der Waals surface area contributed by atoms with E-state index in [9.17, 15) is 5.11 Å². The predicted octanol–water partition coefficient (Wildman–Crippen LogP) is 3.23. The Morgan fingerprint density at radius 1 is 1.40 bits per heavy atom. The van der Waals surface area contributed by atoms with Crippen molar-refractivity contribution in [3.63, 3.8) is 0 Å². The number of phenols is 1. The lowest BCUT2D eigenvalue weighted by Gasteiger charge is -2.15. The number of ether oxygens (including phenoxy) is 2. The molecule has 0 amide bonds. The van der Waals surface area contributed by atoms with Gasteiger partial charge in [-0.25, -0.2) is 0 Å². The summed E-state index contributed by atoms with van der Waals surface area (Å²) in [5, 5.41) is 9.73. The molecule has 0 atom stereocenters. The molecule has 84 valence electrons. The smallest absolute Gasteiger partial charge is 0.180 e. The van der Waals surface area contributed by atoms with Crippen molar-refractivity contribution in [1.29, 1.82) is 0 Å². The monoisotopic (exact) mass is 230 g/mol. The maximum Gasteiger partial charge on any atom is 0.180 e. The number of phenolic OH excluding ortho intramolecular Hbond substituents is 1.